The maximum absolute atomic E-state index is 14.2. The highest BCUT2D eigenvalue weighted by Gasteiger charge is 2.46. The minimum atomic E-state index is -0.550. The zero-order chi connectivity index (χ0) is 32.7. The first-order valence-electron chi connectivity index (χ1n) is 16.5. The molecule has 0 spiro atoms. The second-order valence-corrected chi connectivity index (χ2v) is 15.1. The maximum atomic E-state index is 14.2. The number of anilines is 3. The summed E-state index contributed by atoms with van der Waals surface area (Å²) >= 11 is 0. The molecule has 7 rings (SSSR count). The van der Waals surface area contributed by atoms with E-state index in [1.165, 1.54) is 0 Å². The fourth-order valence-electron chi connectivity index (χ4n) is 7.36. The summed E-state index contributed by atoms with van der Waals surface area (Å²) in [5, 5.41) is 8.94. The molecule has 2 bridgehead atoms. The summed E-state index contributed by atoms with van der Waals surface area (Å²) in [4.78, 5) is 45.6. The van der Waals surface area contributed by atoms with Crippen molar-refractivity contribution in [2.24, 2.45) is 0 Å². The van der Waals surface area contributed by atoms with Gasteiger partial charge in [0, 0.05) is 43.7 Å². The number of pyridine rings is 2. The number of amides is 2. The van der Waals surface area contributed by atoms with Crippen LogP contribution in [0, 0.1) is 0 Å². The molecule has 2 fully saturated rings. The summed E-state index contributed by atoms with van der Waals surface area (Å²) in [6.45, 7) is 16.0. The summed E-state index contributed by atoms with van der Waals surface area (Å²) in [5.41, 5.74) is 1.59. The first-order chi connectivity index (χ1) is 21.7. The van der Waals surface area contributed by atoms with Crippen LogP contribution in [0.15, 0.2) is 24.3 Å². The van der Waals surface area contributed by atoms with Gasteiger partial charge in [0.25, 0.3) is 5.91 Å². The first kappa shape index (κ1) is 30.4. The van der Waals surface area contributed by atoms with E-state index in [1.807, 2.05) is 57.0 Å². The molecule has 2 saturated heterocycles. The first-order valence-corrected chi connectivity index (χ1v) is 16.5. The van der Waals surface area contributed by atoms with E-state index in [0.717, 1.165) is 54.5 Å². The Hall–Kier alpha value is -4.22. The third-order valence-corrected chi connectivity index (χ3v) is 9.94. The number of nitrogens with zero attached hydrogens (tertiary/aromatic N) is 9. The van der Waals surface area contributed by atoms with Crippen LogP contribution in [-0.2, 0) is 23.2 Å². The van der Waals surface area contributed by atoms with E-state index in [4.69, 9.17) is 14.7 Å². The van der Waals surface area contributed by atoms with Gasteiger partial charge in [-0.3, -0.25) is 14.6 Å². The van der Waals surface area contributed by atoms with Crippen molar-refractivity contribution in [1.29, 1.82) is 0 Å². The van der Waals surface area contributed by atoms with Gasteiger partial charge in [0.15, 0.2) is 5.82 Å². The topological polar surface area (TPSA) is 113 Å². The zero-order valence-electron chi connectivity index (χ0n) is 28.2. The molecule has 4 aliphatic rings. The zero-order valence-corrected chi connectivity index (χ0v) is 28.2. The van der Waals surface area contributed by atoms with E-state index in [9.17, 15) is 9.59 Å². The summed E-state index contributed by atoms with van der Waals surface area (Å²) < 4.78 is 7.96. The van der Waals surface area contributed by atoms with Crippen molar-refractivity contribution in [1.82, 2.24) is 29.6 Å². The average molecular weight is 628 g/mol. The largest absolute Gasteiger partial charge is 0.444 e. The Bertz CT molecular complexity index is 1690. The normalized spacial score (nSPS) is 21.7. The number of hydrogen-bond acceptors (Lipinski definition) is 9. The van der Waals surface area contributed by atoms with Crippen LogP contribution in [0.2, 0.25) is 0 Å². The smallest absolute Gasteiger partial charge is 0.410 e. The lowest BCUT2D eigenvalue weighted by molar-refractivity contribution is 0.0122. The molecule has 12 nitrogen and oxygen atoms in total. The lowest BCUT2D eigenvalue weighted by Gasteiger charge is -2.42. The van der Waals surface area contributed by atoms with Gasteiger partial charge < -0.3 is 19.1 Å². The standard InChI is InChI=1S/C34H45N9O3/c1-20(2)39(8)28-16-23-24(29(36-28)40-17-21-12-13-22(18-40)42(21)32(45)46-33(3,4)5)19-41(31(23)44)26-11-9-10-25(35-26)30-38-37-27-14-15-34(6,7)43(27)30/h9-11,16,20-22H,12-15,17-19H2,1-8H3. The predicted octanol–water partition coefficient (Wildman–Crippen LogP) is 5.01. The number of aryl methyl sites for hydroxylation is 1. The van der Waals surface area contributed by atoms with Gasteiger partial charge in [-0.05, 0) is 85.9 Å². The van der Waals surface area contributed by atoms with E-state index in [1.54, 1.807) is 4.90 Å². The van der Waals surface area contributed by atoms with Gasteiger partial charge in [-0.25, -0.2) is 14.8 Å². The third kappa shape index (κ3) is 5.06. The van der Waals surface area contributed by atoms with Crippen molar-refractivity contribution in [3.05, 3.63) is 41.2 Å². The average Bonchev–Trinajstić information content (AvgIpc) is 3.73. The van der Waals surface area contributed by atoms with Crippen LogP contribution >= 0.6 is 0 Å². The molecular weight excluding hydrogens is 582 g/mol. The molecule has 12 heteroatoms. The summed E-state index contributed by atoms with van der Waals surface area (Å²) in [7, 11) is 2.01. The van der Waals surface area contributed by atoms with Gasteiger partial charge in [-0.15, -0.1) is 10.2 Å². The van der Waals surface area contributed by atoms with Gasteiger partial charge in [-0.2, -0.15) is 0 Å². The molecule has 2 amide bonds. The lowest BCUT2D eigenvalue weighted by atomic mass is 10.0. The minimum absolute atomic E-state index is 0.0261. The Morgan fingerprint density at radius 1 is 1.09 bits per heavy atom. The van der Waals surface area contributed by atoms with E-state index in [-0.39, 0.29) is 35.7 Å². The fourth-order valence-corrected chi connectivity index (χ4v) is 7.36. The van der Waals surface area contributed by atoms with Crippen LogP contribution < -0.4 is 14.7 Å². The number of carbonyl (C=O) groups excluding carboxylic acids is 2. The van der Waals surface area contributed by atoms with Gasteiger partial charge in [0.2, 0.25) is 0 Å². The number of rotatable bonds is 5. The third-order valence-electron chi connectivity index (χ3n) is 9.94. The van der Waals surface area contributed by atoms with Crippen molar-refractivity contribution >= 4 is 29.5 Å². The minimum Gasteiger partial charge on any atom is -0.444 e. The Morgan fingerprint density at radius 3 is 2.48 bits per heavy atom. The van der Waals surface area contributed by atoms with Crippen molar-refractivity contribution in [3.8, 4) is 11.5 Å². The molecule has 4 aliphatic heterocycles. The Kier molecular flexibility index (Phi) is 7.06. The second kappa shape index (κ2) is 10.7. The van der Waals surface area contributed by atoms with Crippen LogP contribution in [0.4, 0.5) is 22.2 Å². The fraction of sp³-hybridized carbons (Fsp3) is 0.588. The van der Waals surface area contributed by atoms with Crippen molar-refractivity contribution in [2.75, 3.05) is 34.8 Å². The molecule has 0 N–H and O–H groups in total. The summed E-state index contributed by atoms with van der Waals surface area (Å²) in [6, 6.07) is 7.92. The molecule has 0 aromatic carbocycles. The molecule has 0 radical (unpaired) electrons. The highest BCUT2D eigenvalue weighted by Crippen LogP contribution is 2.40. The Balaban J connectivity index is 1.22. The van der Waals surface area contributed by atoms with Crippen LogP contribution in [0.3, 0.4) is 0 Å². The second-order valence-electron chi connectivity index (χ2n) is 15.1. The molecule has 3 aromatic heterocycles. The van der Waals surface area contributed by atoms with Gasteiger partial charge in [-0.1, -0.05) is 6.07 Å². The summed E-state index contributed by atoms with van der Waals surface area (Å²) in [6.07, 6.45) is 3.47. The molecule has 0 aliphatic carbocycles. The number of ether oxygens (including phenoxy) is 1. The van der Waals surface area contributed by atoms with Crippen LogP contribution in [0.25, 0.3) is 11.5 Å². The molecular formula is C34H45N9O3. The lowest BCUT2D eigenvalue weighted by Crippen LogP contribution is -2.57. The van der Waals surface area contributed by atoms with Crippen LogP contribution in [0.1, 0.15) is 89.5 Å². The van der Waals surface area contributed by atoms with E-state index in [0.29, 0.717) is 36.7 Å². The van der Waals surface area contributed by atoms with Gasteiger partial charge in [0.1, 0.15) is 34.6 Å². The highest BCUT2D eigenvalue weighted by atomic mass is 16.6. The van der Waals surface area contributed by atoms with Crippen LogP contribution in [-0.4, -0.2) is 85.5 Å². The monoisotopic (exact) mass is 627 g/mol. The number of carbonyl (C=O) groups is 2. The highest BCUT2D eigenvalue weighted by molar-refractivity contribution is 6.11. The van der Waals surface area contributed by atoms with Gasteiger partial charge >= 0.3 is 6.09 Å². The number of aromatic nitrogens is 5. The number of fused-ring (bicyclic) bond motifs is 4. The Labute approximate surface area is 270 Å². The molecule has 0 saturated carbocycles. The number of hydrogen-bond donors (Lipinski definition) is 0. The molecule has 46 heavy (non-hydrogen) atoms. The van der Waals surface area contributed by atoms with Gasteiger partial charge in [0.05, 0.1) is 24.2 Å². The van der Waals surface area contributed by atoms with E-state index >= 15 is 0 Å². The summed E-state index contributed by atoms with van der Waals surface area (Å²) in [5.74, 6) is 3.74. The number of piperazine rings is 1. The van der Waals surface area contributed by atoms with E-state index < -0.39 is 5.60 Å². The molecule has 7 heterocycles. The van der Waals surface area contributed by atoms with Crippen molar-refractivity contribution in [2.45, 2.75) is 110 Å². The van der Waals surface area contributed by atoms with E-state index in [2.05, 4.69) is 52.3 Å². The van der Waals surface area contributed by atoms with Crippen LogP contribution in [0.5, 0.6) is 0 Å². The molecule has 3 aromatic rings. The molecule has 2 atom stereocenters. The maximum Gasteiger partial charge on any atom is 0.410 e. The molecule has 244 valence electrons. The van der Waals surface area contributed by atoms with Crippen molar-refractivity contribution in [3.63, 3.8) is 0 Å². The SMILES string of the molecule is CC(C)N(C)c1cc2c(c(N3CC4CCC(C3)N4C(=O)OC(C)(C)C)n1)CN(c1cccc(-c3nnc4n3C(C)(C)CC4)n1)C2=O. The molecule has 2 unspecified atom stereocenters. The van der Waals surface area contributed by atoms with Crippen molar-refractivity contribution < 1.29 is 14.3 Å². The predicted molar refractivity (Wildman–Crippen MR) is 176 cm³/mol. The quantitative estimate of drug-likeness (QED) is 0.385. The Morgan fingerprint density at radius 2 is 1.80 bits per heavy atom.